The number of amides is 2. The van der Waals surface area contributed by atoms with Gasteiger partial charge in [0.2, 0.25) is 11.9 Å². The number of benzene rings is 4. The van der Waals surface area contributed by atoms with Crippen LogP contribution in [0, 0.1) is 11.6 Å². The van der Waals surface area contributed by atoms with Crippen LogP contribution in [0.15, 0.2) is 115 Å². The molecule has 4 aromatic carbocycles. The summed E-state index contributed by atoms with van der Waals surface area (Å²) in [4.78, 5) is 32.6. The van der Waals surface area contributed by atoms with Crippen molar-refractivity contribution in [2.75, 3.05) is 11.9 Å². The van der Waals surface area contributed by atoms with Crippen molar-refractivity contribution in [3.8, 4) is 16.9 Å². The lowest BCUT2D eigenvalue weighted by Crippen LogP contribution is -2.38. The Labute approximate surface area is 224 Å². The monoisotopic (exact) mass is 522 g/mol. The number of carbonyl (C=O) groups excluding carboxylic acids is 2. The molecule has 0 aliphatic rings. The van der Waals surface area contributed by atoms with E-state index in [0.717, 1.165) is 11.1 Å². The molecule has 0 atom stereocenters. The van der Waals surface area contributed by atoms with Gasteiger partial charge in [0, 0.05) is 29.6 Å². The van der Waals surface area contributed by atoms with Crippen LogP contribution in [0.2, 0.25) is 0 Å². The van der Waals surface area contributed by atoms with Gasteiger partial charge in [-0.25, -0.2) is 13.8 Å². The van der Waals surface area contributed by atoms with Crippen LogP contribution in [0.5, 0.6) is 0 Å². The Hall–Kier alpha value is -5.11. The summed E-state index contributed by atoms with van der Waals surface area (Å²) < 4.78 is 28.7. The summed E-state index contributed by atoms with van der Waals surface area (Å²) in [6.45, 7) is -0.103. The Balaban J connectivity index is 1.43. The average Bonchev–Trinajstić information content (AvgIpc) is 3.37. The number of aromatic nitrogens is 2. The van der Waals surface area contributed by atoms with Crippen LogP contribution in [-0.2, 0) is 11.3 Å². The van der Waals surface area contributed by atoms with Crippen LogP contribution in [0.1, 0.15) is 15.9 Å². The predicted molar refractivity (Wildman–Crippen MR) is 145 cm³/mol. The van der Waals surface area contributed by atoms with E-state index in [1.54, 1.807) is 22.9 Å². The van der Waals surface area contributed by atoms with Crippen LogP contribution in [0.4, 0.5) is 14.7 Å². The highest BCUT2D eigenvalue weighted by Gasteiger charge is 2.21. The number of rotatable bonds is 8. The number of anilines is 1. The van der Waals surface area contributed by atoms with Crippen molar-refractivity contribution in [1.82, 2.24) is 14.5 Å². The van der Waals surface area contributed by atoms with E-state index in [1.807, 2.05) is 60.7 Å². The molecule has 2 amide bonds. The standard InChI is InChI=1S/C31H24F2N4O2/c32-25-13-11-24(12-14-25)30(39)36(19-22-7-3-1-4-8-22)21-29(38)35-31-34-28(23-9-5-2-6-10-23)20-37(31)27-17-15-26(33)16-18-27/h1-18,20H,19,21H2,(H,34,35,38). The summed E-state index contributed by atoms with van der Waals surface area (Å²) in [6, 6.07) is 29.7. The summed E-state index contributed by atoms with van der Waals surface area (Å²) in [5.74, 6) is -1.51. The van der Waals surface area contributed by atoms with Gasteiger partial charge in [0.05, 0.1) is 5.69 Å². The van der Waals surface area contributed by atoms with E-state index in [1.165, 1.54) is 41.3 Å². The zero-order chi connectivity index (χ0) is 27.2. The molecule has 0 radical (unpaired) electrons. The molecule has 0 aliphatic heterocycles. The lowest BCUT2D eigenvalue weighted by atomic mass is 10.1. The molecule has 0 saturated heterocycles. The zero-order valence-corrected chi connectivity index (χ0v) is 20.8. The molecular weight excluding hydrogens is 498 g/mol. The van der Waals surface area contributed by atoms with Gasteiger partial charge in [0.25, 0.3) is 5.91 Å². The summed E-state index contributed by atoms with van der Waals surface area (Å²) in [6.07, 6.45) is 1.75. The summed E-state index contributed by atoms with van der Waals surface area (Å²) in [7, 11) is 0. The van der Waals surface area contributed by atoms with Crippen LogP contribution in [0.25, 0.3) is 16.9 Å². The Bertz CT molecular complexity index is 1570. The number of hydrogen-bond acceptors (Lipinski definition) is 3. The third kappa shape index (κ3) is 6.24. The Morgan fingerprint density at radius 2 is 1.36 bits per heavy atom. The molecular formula is C31H24F2N4O2. The van der Waals surface area contributed by atoms with Gasteiger partial charge in [-0.2, -0.15) is 0 Å². The van der Waals surface area contributed by atoms with Gasteiger partial charge in [0.1, 0.15) is 18.2 Å². The highest BCUT2D eigenvalue weighted by Crippen LogP contribution is 2.24. The van der Waals surface area contributed by atoms with E-state index in [4.69, 9.17) is 0 Å². The van der Waals surface area contributed by atoms with Gasteiger partial charge >= 0.3 is 0 Å². The first-order valence-corrected chi connectivity index (χ1v) is 12.3. The maximum absolute atomic E-state index is 13.6. The van der Waals surface area contributed by atoms with E-state index >= 15 is 0 Å². The molecule has 0 bridgehead atoms. The van der Waals surface area contributed by atoms with Crippen LogP contribution < -0.4 is 5.32 Å². The van der Waals surface area contributed by atoms with Crippen LogP contribution >= 0.6 is 0 Å². The second-order valence-electron chi connectivity index (χ2n) is 8.86. The number of hydrogen-bond donors (Lipinski definition) is 1. The SMILES string of the molecule is O=C(CN(Cc1ccccc1)C(=O)c1ccc(F)cc1)Nc1nc(-c2ccccc2)cn1-c1ccc(F)cc1. The normalized spacial score (nSPS) is 10.7. The lowest BCUT2D eigenvalue weighted by Gasteiger charge is -2.22. The molecule has 0 fully saturated rings. The minimum atomic E-state index is -0.477. The second kappa shape index (κ2) is 11.5. The van der Waals surface area contributed by atoms with E-state index in [2.05, 4.69) is 10.3 Å². The van der Waals surface area contributed by atoms with E-state index in [-0.39, 0.29) is 30.4 Å². The van der Waals surface area contributed by atoms with E-state index < -0.39 is 17.6 Å². The molecule has 1 N–H and O–H groups in total. The first kappa shape index (κ1) is 25.5. The van der Waals surface area contributed by atoms with Crippen molar-refractivity contribution in [3.05, 3.63) is 138 Å². The lowest BCUT2D eigenvalue weighted by molar-refractivity contribution is -0.117. The Morgan fingerprint density at radius 1 is 0.769 bits per heavy atom. The summed E-state index contributed by atoms with van der Waals surface area (Å²) in [5, 5.41) is 2.81. The molecule has 5 rings (SSSR count). The first-order chi connectivity index (χ1) is 19.0. The van der Waals surface area contributed by atoms with Crippen molar-refractivity contribution in [2.24, 2.45) is 0 Å². The minimum absolute atomic E-state index is 0.173. The minimum Gasteiger partial charge on any atom is -0.325 e. The maximum Gasteiger partial charge on any atom is 0.254 e. The second-order valence-corrected chi connectivity index (χ2v) is 8.86. The third-order valence-electron chi connectivity index (χ3n) is 6.06. The van der Waals surface area contributed by atoms with Crippen LogP contribution in [0.3, 0.4) is 0 Å². The molecule has 5 aromatic rings. The fraction of sp³-hybridized carbons (Fsp3) is 0.0645. The van der Waals surface area contributed by atoms with Crippen molar-refractivity contribution >= 4 is 17.8 Å². The average molecular weight is 523 g/mol. The number of halogens is 2. The predicted octanol–water partition coefficient (Wildman–Crippen LogP) is 6.10. The molecule has 39 heavy (non-hydrogen) atoms. The first-order valence-electron chi connectivity index (χ1n) is 12.3. The largest absolute Gasteiger partial charge is 0.325 e. The molecule has 0 aliphatic carbocycles. The fourth-order valence-corrected chi connectivity index (χ4v) is 4.13. The van der Waals surface area contributed by atoms with Gasteiger partial charge in [0.15, 0.2) is 0 Å². The van der Waals surface area contributed by atoms with Gasteiger partial charge in [-0.3, -0.25) is 19.5 Å². The molecule has 1 aromatic heterocycles. The van der Waals surface area contributed by atoms with E-state index in [9.17, 15) is 18.4 Å². The third-order valence-corrected chi connectivity index (χ3v) is 6.06. The van der Waals surface area contributed by atoms with Crippen molar-refractivity contribution in [2.45, 2.75) is 6.54 Å². The van der Waals surface area contributed by atoms with Crippen molar-refractivity contribution < 1.29 is 18.4 Å². The molecule has 1 heterocycles. The van der Waals surface area contributed by atoms with Crippen LogP contribution in [-0.4, -0.2) is 32.8 Å². The van der Waals surface area contributed by atoms with Gasteiger partial charge < -0.3 is 4.90 Å². The molecule has 0 spiro atoms. The molecule has 8 heteroatoms. The van der Waals surface area contributed by atoms with Gasteiger partial charge in [-0.1, -0.05) is 60.7 Å². The topological polar surface area (TPSA) is 67.2 Å². The number of nitrogens with one attached hydrogen (secondary N) is 1. The highest BCUT2D eigenvalue weighted by atomic mass is 19.1. The smallest absolute Gasteiger partial charge is 0.254 e. The van der Waals surface area contributed by atoms with Crippen molar-refractivity contribution in [3.63, 3.8) is 0 Å². The van der Waals surface area contributed by atoms with E-state index in [0.29, 0.717) is 11.4 Å². The molecule has 6 nitrogen and oxygen atoms in total. The maximum atomic E-state index is 13.6. The number of carbonyl (C=O) groups is 2. The molecule has 0 unspecified atom stereocenters. The number of nitrogens with zero attached hydrogens (tertiary/aromatic N) is 3. The molecule has 0 saturated carbocycles. The highest BCUT2D eigenvalue weighted by molar-refractivity contribution is 5.99. The summed E-state index contributed by atoms with van der Waals surface area (Å²) >= 11 is 0. The van der Waals surface area contributed by atoms with Gasteiger partial charge in [-0.15, -0.1) is 0 Å². The van der Waals surface area contributed by atoms with Crippen molar-refractivity contribution in [1.29, 1.82) is 0 Å². The number of imidazole rings is 1. The fourth-order valence-electron chi connectivity index (χ4n) is 4.13. The quantitative estimate of drug-likeness (QED) is 0.268. The van der Waals surface area contributed by atoms with Gasteiger partial charge in [-0.05, 0) is 54.1 Å². The zero-order valence-electron chi connectivity index (χ0n) is 20.8. The Kier molecular flexibility index (Phi) is 7.54. The molecule has 194 valence electrons. The summed E-state index contributed by atoms with van der Waals surface area (Å²) in [5.41, 5.74) is 3.15. The Morgan fingerprint density at radius 3 is 2.00 bits per heavy atom.